The van der Waals surface area contributed by atoms with Crippen LogP contribution in [0.15, 0.2) is 54.6 Å². The molecule has 2 N–H and O–H groups in total. The maximum Gasteiger partial charge on any atom is 0.246 e. The summed E-state index contributed by atoms with van der Waals surface area (Å²) in [5, 5.41) is 6.46. The van der Waals surface area contributed by atoms with Crippen molar-refractivity contribution in [3.8, 4) is 5.75 Å². The Kier molecular flexibility index (Phi) is 6.82. The van der Waals surface area contributed by atoms with E-state index in [1.54, 1.807) is 7.11 Å². The molecule has 0 saturated carbocycles. The predicted molar refractivity (Wildman–Crippen MR) is 98.3 cm³/mol. The Labute approximate surface area is 144 Å². The second-order valence-corrected chi connectivity index (χ2v) is 5.74. The molecule has 1 amide bonds. The highest BCUT2D eigenvalue weighted by Gasteiger charge is 2.22. The molecule has 0 bridgehead atoms. The van der Waals surface area contributed by atoms with E-state index < -0.39 is 0 Å². The van der Waals surface area contributed by atoms with Gasteiger partial charge in [0.1, 0.15) is 11.8 Å². The molecular weight excluding hydrogens is 300 g/mol. The van der Waals surface area contributed by atoms with Gasteiger partial charge in [0.05, 0.1) is 7.11 Å². The highest BCUT2D eigenvalue weighted by atomic mass is 16.5. The van der Waals surface area contributed by atoms with Gasteiger partial charge < -0.3 is 10.1 Å². The van der Waals surface area contributed by atoms with E-state index in [1.165, 1.54) is 0 Å². The van der Waals surface area contributed by atoms with Gasteiger partial charge in [-0.25, -0.2) is 0 Å². The van der Waals surface area contributed by atoms with Crippen LogP contribution in [-0.2, 0) is 4.79 Å². The van der Waals surface area contributed by atoms with Crippen molar-refractivity contribution < 1.29 is 9.53 Å². The Hall–Kier alpha value is -2.33. The lowest BCUT2D eigenvalue weighted by atomic mass is 10.0. The molecule has 0 aliphatic carbocycles. The monoisotopic (exact) mass is 326 g/mol. The minimum absolute atomic E-state index is 0.0682. The number of nitrogens with one attached hydrogen (secondary N) is 2. The summed E-state index contributed by atoms with van der Waals surface area (Å²) in [6, 6.07) is 17.1. The molecule has 0 heterocycles. The van der Waals surface area contributed by atoms with Crippen LogP contribution in [0.25, 0.3) is 0 Å². The molecule has 4 nitrogen and oxygen atoms in total. The third-order valence-corrected chi connectivity index (χ3v) is 4.12. The molecular formula is C20H26N2O2. The fraction of sp³-hybridized carbons (Fsp3) is 0.350. The molecule has 128 valence electrons. The smallest absolute Gasteiger partial charge is 0.246 e. The third-order valence-electron chi connectivity index (χ3n) is 4.12. The minimum Gasteiger partial charge on any atom is -0.497 e. The highest BCUT2D eigenvalue weighted by Crippen LogP contribution is 2.21. The van der Waals surface area contributed by atoms with Crippen LogP contribution in [0, 0.1) is 0 Å². The van der Waals surface area contributed by atoms with Gasteiger partial charge in [-0.15, -0.1) is 0 Å². The second kappa shape index (κ2) is 9.08. The van der Waals surface area contributed by atoms with Gasteiger partial charge in [0.15, 0.2) is 0 Å². The number of carbonyl (C=O) groups is 1. The first kappa shape index (κ1) is 18.0. The normalized spacial score (nSPS) is 12.0. The maximum atomic E-state index is 12.9. The van der Waals surface area contributed by atoms with E-state index in [9.17, 15) is 4.79 Å². The van der Waals surface area contributed by atoms with E-state index in [1.807, 2.05) is 54.6 Å². The molecule has 1 atom stereocenters. The summed E-state index contributed by atoms with van der Waals surface area (Å²) in [6.07, 6.45) is 1.96. The molecule has 0 radical (unpaired) electrons. The first-order chi connectivity index (χ1) is 11.7. The maximum absolute atomic E-state index is 12.9. The van der Waals surface area contributed by atoms with Crippen molar-refractivity contribution in [2.75, 3.05) is 12.4 Å². The fourth-order valence-electron chi connectivity index (χ4n) is 2.64. The predicted octanol–water partition coefficient (Wildman–Crippen LogP) is 4.15. The van der Waals surface area contributed by atoms with Crippen molar-refractivity contribution in [3.05, 3.63) is 60.2 Å². The molecule has 2 rings (SSSR count). The standard InChI is InChI=1S/C20H26N2O2/c1-4-16(5-2)21-19(15-10-7-6-8-11-15)20(23)22-17-12-9-13-18(14-17)24-3/h6-14,16,19,21H,4-5H2,1-3H3,(H,22,23)/t19-/m0/s1. The number of hydrogen-bond acceptors (Lipinski definition) is 3. The van der Waals surface area contributed by atoms with Crippen LogP contribution < -0.4 is 15.4 Å². The lowest BCUT2D eigenvalue weighted by Crippen LogP contribution is -2.39. The van der Waals surface area contributed by atoms with Crippen molar-refractivity contribution in [2.24, 2.45) is 0 Å². The summed E-state index contributed by atoms with van der Waals surface area (Å²) in [4.78, 5) is 12.9. The molecule has 0 fully saturated rings. The summed E-state index contributed by atoms with van der Waals surface area (Å²) >= 11 is 0. The minimum atomic E-state index is -0.387. The third kappa shape index (κ3) is 4.83. The number of methoxy groups -OCH3 is 1. The zero-order valence-corrected chi connectivity index (χ0v) is 14.6. The summed E-state index contributed by atoms with van der Waals surface area (Å²) in [5.74, 6) is 0.651. The van der Waals surface area contributed by atoms with Gasteiger partial charge in [-0.2, -0.15) is 0 Å². The average molecular weight is 326 g/mol. The van der Waals surface area contributed by atoms with Gasteiger partial charge in [0.25, 0.3) is 0 Å². The number of hydrogen-bond donors (Lipinski definition) is 2. The van der Waals surface area contributed by atoms with Crippen molar-refractivity contribution in [3.63, 3.8) is 0 Å². The van der Waals surface area contributed by atoms with Gasteiger partial charge in [-0.3, -0.25) is 10.1 Å². The van der Waals surface area contributed by atoms with Gasteiger partial charge >= 0.3 is 0 Å². The van der Waals surface area contributed by atoms with E-state index in [0.717, 1.165) is 29.8 Å². The first-order valence-electron chi connectivity index (χ1n) is 8.43. The second-order valence-electron chi connectivity index (χ2n) is 5.74. The molecule has 24 heavy (non-hydrogen) atoms. The van der Waals surface area contributed by atoms with Crippen molar-refractivity contribution in [1.82, 2.24) is 5.32 Å². The number of rotatable bonds is 8. The Morgan fingerprint density at radius 1 is 1.04 bits per heavy atom. The Morgan fingerprint density at radius 2 is 1.75 bits per heavy atom. The van der Waals surface area contributed by atoms with Crippen LogP contribution in [0.5, 0.6) is 5.75 Å². The molecule has 0 spiro atoms. The van der Waals surface area contributed by atoms with Gasteiger partial charge in [-0.05, 0) is 30.5 Å². The topological polar surface area (TPSA) is 50.4 Å². The molecule has 0 unspecified atom stereocenters. The van der Waals surface area contributed by atoms with Crippen LogP contribution >= 0.6 is 0 Å². The van der Waals surface area contributed by atoms with E-state index in [2.05, 4.69) is 24.5 Å². The van der Waals surface area contributed by atoms with E-state index >= 15 is 0 Å². The fourth-order valence-corrected chi connectivity index (χ4v) is 2.64. The number of amides is 1. The summed E-state index contributed by atoms with van der Waals surface area (Å²) < 4.78 is 5.21. The number of benzene rings is 2. The average Bonchev–Trinajstić information content (AvgIpc) is 2.63. The number of anilines is 1. The zero-order valence-electron chi connectivity index (χ0n) is 14.6. The molecule has 0 aliphatic rings. The number of carbonyl (C=O) groups excluding carboxylic acids is 1. The molecule has 4 heteroatoms. The summed E-state index contributed by atoms with van der Waals surface area (Å²) in [5.41, 5.74) is 1.69. The van der Waals surface area contributed by atoms with Crippen molar-refractivity contribution in [1.29, 1.82) is 0 Å². The van der Waals surface area contributed by atoms with Gasteiger partial charge in [0.2, 0.25) is 5.91 Å². The molecule has 0 saturated heterocycles. The Morgan fingerprint density at radius 3 is 2.38 bits per heavy atom. The lowest BCUT2D eigenvalue weighted by molar-refractivity contribution is -0.118. The van der Waals surface area contributed by atoms with Crippen LogP contribution in [-0.4, -0.2) is 19.1 Å². The Bertz CT molecular complexity index is 639. The van der Waals surface area contributed by atoms with E-state index in [4.69, 9.17) is 4.74 Å². The van der Waals surface area contributed by atoms with Crippen LogP contribution in [0.4, 0.5) is 5.69 Å². The summed E-state index contributed by atoms with van der Waals surface area (Å²) in [7, 11) is 1.61. The Balaban J connectivity index is 2.20. The van der Waals surface area contributed by atoms with Crippen LogP contribution in [0.1, 0.15) is 38.3 Å². The van der Waals surface area contributed by atoms with E-state index in [0.29, 0.717) is 6.04 Å². The highest BCUT2D eigenvalue weighted by molar-refractivity contribution is 5.95. The number of ether oxygens (including phenoxy) is 1. The van der Waals surface area contributed by atoms with Crippen molar-refractivity contribution in [2.45, 2.75) is 38.8 Å². The van der Waals surface area contributed by atoms with Crippen molar-refractivity contribution >= 4 is 11.6 Å². The van der Waals surface area contributed by atoms with Crippen LogP contribution in [0.2, 0.25) is 0 Å². The molecule has 2 aromatic rings. The SMILES string of the molecule is CCC(CC)N[C@H](C(=O)Nc1cccc(OC)c1)c1ccccc1. The molecule has 0 aromatic heterocycles. The zero-order chi connectivity index (χ0) is 17.4. The lowest BCUT2D eigenvalue weighted by Gasteiger charge is -2.24. The van der Waals surface area contributed by atoms with Crippen LogP contribution in [0.3, 0.4) is 0 Å². The molecule has 0 aliphatic heterocycles. The molecule has 2 aromatic carbocycles. The largest absolute Gasteiger partial charge is 0.497 e. The van der Waals surface area contributed by atoms with Gasteiger partial charge in [0, 0.05) is 17.8 Å². The van der Waals surface area contributed by atoms with E-state index in [-0.39, 0.29) is 11.9 Å². The quantitative estimate of drug-likeness (QED) is 0.766. The van der Waals surface area contributed by atoms with Gasteiger partial charge in [-0.1, -0.05) is 50.2 Å². The summed E-state index contributed by atoms with van der Waals surface area (Å²) in [6.45, 7) is 4.26. The first-order valence-corrected chi connectivity index (χ1v) is 8.43.